The van der Waals surface area contributed by atoms with Gasteiger partial charge in [-0.2, -0.15) is 0 Å². The Kier molecular flexibility index (Phi) is 3.14. The average Bonchev–Trinajstić information content (AvgIpc) is 2.04. The van der Waals surface area contributed by atoms with Crippen LogP contribution in [0.3, 0.4) is 0 Å². The number of nitrogens with two attached hydrogens (primary N) is 1. The zero-order valence-electron chi connectivity index (χ0n) is 8.07. The van der Waals surface area contributed by atoms with E-state index in [1.165, 1.54) is 0 Å². The first-order valence-corrected chi connectivity index (χ1v) is 4.34. The van der Waals surface area contributed by atoms with Crippen molar-refractivity contribution >= 4 is 11.4 Å². The van der Waals surface area contributed by atoms with E-state index < -0.39 is 0 Å². The van der Waals surface area contributed by atoms with Gasteiger partial charge in [-0.25, -0.2) is 0 Å². The van der Waals surface area contributed by atoms with E-state index in [0.717, 1.165) is 11.4 Å². The molecule has 1 aromatic rings. The van der Waals surface area contributed by atoms with Crippen molar-refractivity contribution in [3.05, 3.63) is 24.3 Å². The topological polar surface area (TPSA) is 49.5 Å². The molecule has 1 rings (SSSR count). The lowest BCUT2D eigenvalue weighted by Gasteiger charge is -2.20. The smallest absolute Gasteiger partial charge is 0.0686 e. The third kappa shape index (κ3) is 2.95. The lowest BCUT2D eigenvalue weighted by molar-refractivity contribution is 0.201. The molecule has 13 heavy (non-hydrogen) atoms. The van der Waals surface area contributed by atoms with Gasteiger partial charge in [-0.15, -0.1) is 0 Å². The molecule has 0 saturated carbocycles. The zero-order valence-corrected chi connectivity index (χ0v) is 8.07. The molecule has 3 heteroatoms. The quantitative estimate of drug-likeness (QED) is 0.684. The van der Waals surface area contributed by atoms with Crippen LogP contribution >= 0.6 is 0 Å². The van der Waals surface area contributed by atoms with Gasteiger partial charge in [0.1, 0.15) is 0 Å². The predicted octanol–water partition coefficient (Wildman–Crippen LogP) is 1.09. The van der Waals surface area contributed by atoms with Crippen LogP contribution in [0.25, 0.3) is 0 Å². The molecule has 0 bridgehead atoms. The number of benzene rings is 1. The monoisotopic (exact) mass is 180 g/mol. The van der Waals surface area contributed by atoms with E-state index in [4.69, 9.17) is 5.73 Å². The number of anilines is 2. The van der Waals surface area contributed by atoms with Crippen LogP contribution in [0.4, 0.5) is 11.4 Å². The maximum absolute atomic E-state index is 9.17. The third-order valence-corrected chi connectivity index (χ3v) is 1.87. The lowest BCUT2D eigenvalue weighted by Crippen LogP contribution is -2.26. The van der Waals surface area contributed by atoms with Gasteiger partial charge in [0.15, 0.2) is 0 Å². The molecule has 0 radical (unpaired) electrons. The summed E-state index contributed by atoms with van der Waals surface area (Å²) in [5.74, 6) is 0. The summed E-state index contributed by atoms with van der Waals surface area (Å²) in [6, 6.07) is 7.59. The van der Waals surface area contributed by atoms with Crippen LogP contribution in [0.1, 0.15) is 6.92 Å². The molecule has 3 N–H and O–H groups in total. The highest BCUT2D eigenvalue weighted by molar-refractivity contribution is 5.52. The van der Waals surface area contributed by atoms with Crippen LogP contribution in [0.2, 0.25) is 0 Å². The van der Waals surface area contributed by atoms with Crippen molar-refractivity contribution < 1.29 is 5.11 Å². The Morgan fingerprint density at radius 1 is 1.38 bits per heavy atom. The van der Waals surface area contributed by atoms with Gasteiger partial charge in [0, 0.05) is 25.0 Å². The summed E-state index contributed by atoms with van der Waals surface area (Å²) in [6.45, 7) is 2.40. The molecule has 0 aliphatic heterocycles. The van der Waals surface area contributed by atoms with Gasteiger partial charge in [0.05, 0.1) is 6.10 Å². The summed E-state index contributed by atoms with van der Waals surface area (Å²) in [5, 5.41) is 9.17. The van der Waals surface area contributed by atoms with E-state index in [0.29, 0.717) is 6.54 Å². The fourth-order valence-electron chi connectivity index (χ4n) is 1.23. The third-order valence-electron chi connectivity index (χ3n) is 1.87. The van der Waals surface area contributed by atoms with Gasteiger partial charge in [-0.3, -0.25) is 0 Å². The van der Waals surface area contributed by atoms with Crippen molar-refractivity contribution in [3.63, 3.8) is 0 Å². The van der Waals surface area contributed by atoms with Gasteiger partial charge in [0.25, 0.3) is 0 Å². The molecule has 0 spiro atoms. The van der Waals surface area contributed by atoms with Crippen LogP contribution in [0, 0.1) is 0 Å². The SMILES string of the molecule is CC(O)CN(C)c1ccc(N)cc1. The molecule has 0 heterocycles. The van der Waals surface area contributed by atoms with E-state index in [9.17, 15) is 5.11 Å². The molecule has 0 saturated heterocycles. The minimum absolute atomic E-state index is 0.317. The van der Waals surface area contributed by atoms with Gasteiger partial charge in [0.2, 0.25) is 0 Å². The highest BCUT2D eigenvalue weighted by Crippen LogP contribution is 2.14. The van der Waals surface area contributed by atoms with Crippen LogP contribution < -0.4 is 10.6 Å². The fourth-order valence-corrected chi connectivity index (χ4v) is 1.23. The minimum Gasteiger partial charge on any atom is -0.399 e. The first-order valence-electron chi connectivity index (χ1n) is 4.34. The maximum Gasteiger partial charge on any atom is 0.0686 e. The fraction of sp³-hybridized carbons (Fsp3) is 0.400. The Balaban J connectivity index is 2.66. The first-order chi connectivity index (χ1) is 6.09. The second-order valence-electron chi connectivity index (χ2n) is 3.32. The van der Waals surface area contributed by atoms with Crippen molar-refractivity contribution in [1.82, 2.24) is 0 Å². The highest BCUT2D eigenvalue weighted by Gasteiger charge is 2.03. The molecule has 1 aromatic carbocycles. The Morgan fingerprint density at radius 2 is 1.92 bits per heavy atom. The number of nitrogens with zero attached hydrogens (tertiary/aromatic N) is 1. The van der Waals surface area contributed by atoms with Crippen molar-refractivity contribution in [2.24, 2.45) is 0 Å². The first kappa shape index (κ1) is 9.86. The Hall–Kier alpha value is -1.22. The molecule has 0 aliphatic carbocycles. The minimum atomic E-state index is -0.317. The Morgan fingerprint density at radius 3 is 2.38 bits per heavy atom. The number of nitrogen functional groups attached to an aromatic ring is 1. The van der Waals surface area contributed by atoms with Gasteiger partial charge >= 0.3 is 0 Å². The van der Waals surface area contributed by atoms with Crippen LogP contribution in [-0.2, 0) is 0 Å². The van der Waals surface area contributed by atoms with Gasteiger partial charge in [-0.1, -0.05) is 0 Å². The van der Waals surface area contributed by atoms with Gasteiger partial charge < -0.3 is 15.7 Å². The Bertz CT molecular complexity index is 256. The Labute approximate surface area is 78.8 Å². The molecule has 1 atom stereocenters. The molecule has 0 amide bonds. The molecule has 0 aliphatic rings. The molecule has 72 valence electrons. The summed E-state index contributed by atoms with van der Waals surface area (Å²) < 4.78 is 0. The van der Waals surface area contributed by atoms with Crippen LogP contribution in [-0.4, -0.2) is 24.8 Å². The number of likely N-dealkylation sites (N-methyl/N-ethyl adjacent to an activating group) is 1. The van der Waals surface area contributed by atoms with Crippen molar-refractivity contribution in [2.75, 3.05) is 24.2 Å². The summed E-state index contributed by atoms with van der Waals surface area (Å²) >= 11 is 0. The van der Waals surface area contributed by atoms with E-state index in [2.05, 4.69) is 0 Å². The van der Waals surface area contributed by atoms with E-state index in [1.807, 2.05) is 36.2 Å². The molecular formula is C10H16N2O. The maximum atomic E-state index is 9.17. The largest absolute Gasteiger partial charge is 0.399 e. The number of hydrogen-bond acceptors (Lipinski definition) is 3. The summed E-state index contributed by atoms with van der Waals surface area (Å²) in [7, 11) is 1.94. The number of aliphatic hydroxyl groups is 1. The molecule has 1 unspecified atom stereocenters. The summed E-state index contributed by atoms with van der Waals surface area (Å²) in [6.07, 6.45) is -0.317. The van der Waals surface area contributed by atoms with Crippen LogP contribution in [0.5, 0.6) is 0 Å². The average molecular weight is 180 g/mol. The lowest BCUT2D eigenvalue weighted by atomic mass is 10.2. The molecule has 3 nitrogen and oxygen atoms in total. The van der Waals surface area contributed by atoms with Crippen molar-refractivity contribution in [3.8, 4) is 0 Å². The molecular weight excluding hydrogens is 164 g/mol. The summed E-state index contributed by atoms with van der Waals surface area (Å²) in [4.78, 5) is 1.99. The second-order valence-corrected chi connectivity index (χ2v) is 3.32. The zero-order chi connectivity index (χ0) is 9.84. The highest BCUT2D eigenvalue weighted by atomic mass is 16.3. The van der Waals surface area contributed by atoms with E-state index in [1.54, 1.807) is 6.92 Å². The normalized spacial score (nSPS) is 12.5. The summed E-state index contributed by atoms with van der Waals surface area (Å²) in [5.41, 5.74) is 7.38. The van der Waals surface area contributed by atoms with Crippen LogP contribution in [0.15, 0.2) is 24.3 Å². The van der Waals surface area contributed by atoms with E-state index >= 15 is 0 Å². The van der Waals surface area contributed by atoms with E-state index in [-0.39, 0.29) is 6.10 Å². The molecule has 0 aromatic heterocycles. The van der Waals surface area contributed by atoms with Gasteiger partial charge in [-0.05, 0) is 31.2 Å². The predicted molar refractivity (Wildman–Crippen MR) is 55.8 cm³/mol. The van der Waals surface area contributed by atoms with Crippen molar-refractivity contribution in [2.45, 2.75) is 13.0 Å². The molecule has 0 fully saturated rings. The number of aliphatic hydroxyl groups excluding tert-OH is 1. The number of hydrogen-bond donors (Lipinski definition) is 2. The van der Waals surface area contributed by atoms with Crippen molar-refractivity contribution in [1.29, 1.82) is 0 Å². The second kappa shape index (κ2) is 4.14. The standard InChI is InChI=1S/C10H16N2O/c1-8(13)7-12(2)10-5-3-9(11)4-6-10/h3-6,8,13H,7,11H2,1-2H3. The number of rotatable bonds is 3.